The van der Waals surface area contributed by atoms with Crippen LogP contribution in [-0.4, -0.2) is 38.7 Å². The van der Waals surface area contributed by atoms with Gasteiger partial charge in [0.25, 0.3) is 0 Å². The molecule has 0 bridgehead atoms. The minimum atomic E-state index is 0.454. The maximum absolute atomic E-state index is 9.04. The van der Waals surface area contributed by atoms with Crippen LogP contribution in [0.4, 0.5) is 0 Å². The van der Waals surface area contributed by atoms with E-state index in [0.717, 1.165) is 25.1 Å². The molecule has 0 heterocycles. The van der Waals surface area contributed by atoms with E-state index in [4.69, 9.17) is 10.00 Å². The summed E-state index contributed by atoms with van der Waals surface area (Å²) >= 11 is 0. The van der Waals surface area contributed by atoms with Gasteiger partial charge >= 0.3 is 0 Å². The maximum Gasteiger partial charge on any atom is 0.136 e. The normalized spacial score (nSPS) is 12.2. The van der Waals surface area contributed by atoms with Crippen LogP contribution < -0.4 is 10.1 Å². The number of hydrogen-bond donors (Lipinski definition) is 1. The van der Waals surface area contributed by atoms with E-state index < -0.39 is 0 Å². The molecule has 1 rings (SSSR count). The summed E-state index contributed by atoms with van der Waals surface area (Å²) in [7, 11) is 5.74. The van der Waals surface area contributed by atoms with E-state index >= 15 is 0 Å². The van der Waals surface area contributed by atoms with E-state index in [9.17, 15) is 0 Å². The highest BCUT2D eigenvalue weighted by atomic mass is 16.5. The molecular weight excluding hydrogens is 238 g/mol. The average molecular weight is 261 g/mol. The van der Waals surface area contributed by atoms with Crippen LogP contribution in [0.1, 0.15) is 24.5 Å². The molecule has 1 aromatic carbocycles. The van der Waals surface area contributed by atoms with Crippen LogP contribution in [0.2, 0.25) is 0 Å². The zero-order chi connectivity index (χ0) is 14.3. The minimum Gasteiger partial charge on any atom is -0.495 e. The van der Waals surface area contributed by atoms with Crippen LogP contribution in [0.25, 0.3) is 0 Å². The van der Waals surface area contributed by atoms with Gasteiger partial charge in [0, 0.05) is 12.6 Å². The van der Waals surface area contributed by atoms with Gasteiger partial charge < -0.3 is 15.0 Å². The summed E-state index contributed by atoms with van der Waals surface area (Å²) in [6.07, 6.45) is 1.11. The zero-order valence-electron chi connectivity index (χ0n) is 12.2. The highest BCUT2D eigenvalue weighted by molar-refractivity contribution is 5.45. The van der Waals surface area contributed by atoms with Crippen LogP contribution in [0, 0.1) is 11.3 Å². The second-order valence-electron chi connectivity index (χ2n) is 5.02. The van der Waals surface area contributed by atoms with Gasteiger partial charge in [-0.2, -0.15) is 5.26 Å². The molecule has 1 unspecified atom stereocenters. The summed E-state index contributed by atoms with van der Waals surface area (Å²) in [5.41, 5.74) is 1.69. The van der Waals surface area contributed by atoms with Gasteiger partial charge in [0.15, 0.2) is 0 Å². The van der Waals surface area contributed by atoms with E-state index in [0.29, 0.717) is 17.4 Å². The highest BCUT2D eigenvalue weighted by Crippen LogP contribution is 2.18. The molecule has 104 valence electrons. The Hall–Kier alpha value is -1.57. The lowest BCUT2D eigenvalue weighted by Gasteiger charge is -2.17. The molecule has 0 radical (unpaired) electrons. The Kier molecular flexibility index (Phi) is 6.34. The molecule has 19 heavy (non-hydrogen) atoms. The van der Waals surface area contributed by atoms with Crippen LogP contribution >= 0.6 is 0 Å². The van der Waals surface area contributed by atoms with Gasteiger partial charge in [-0.25, -0.2) is 0 Å². The van der Waals surface area contributed by atoms with Gasteiger partial charge in [-0.15, -0.1) is 0 Å². The summed E-state index contributed by atoms with van der Waals surface area (Å²) in [6.45, 7) is 4.02. The largest absolute Gasteiger partial charge is 0.495 e. The van der Waals surface area contributed by atoms with Crippen molar-refractivity contribution in [1.82, 2.24) is 10.2 Å². The quantitative estimate of drug-likeness (QED) is 0.815. The van der Waals surface area contributed by atoms with Crippen LogP contribution in [0.15, 0.2) is 18.2 Å². The molecule has 0 spiro atoms. The third-order valence-corrected chi connectivity index (χ3v) is 3.05. The Morgan fingerprint density at radius 2 is 2.16 bits per heavy atom. The van der Waals surface area contributed by atoms with Gasteiger partial charge in [0.1, 0.15) is 11.8 Å². The Labute approximate surface area is 116 Å². The van der Waals surface area contributed by atoms with E-state index in [-0.39, 0.29) is 0 Å². The predicted octanol–water partition coefficient (Wildman–Crippen LogP) is 2.00. The number of nitriles is 1. The molecule has 1 N–H and O–H groups in total. The predicted molar refractivity (Wildman–Crippen MR) is 77.2 cm³/mol. The first-order chi connectivity index (χ1) is 9.06. The second kappa shape index (κ2) is 7.78. The first-order valence-electron chi connectivity index (χ1n) is 6.52. The zero-order valence-corrected chi connectivity index (χ0v) is 12.2. The number of methoxy groups -OCH3 is 1. The van der Waals surface area contributed by atoms with E-state index in [2.05, 4.69) is 37.3 Å². The standard InChI is InChI=1S/C15H23N3O/c1-12(7-8-18(2)3)17-11-13-5-6-15(19-4)14(9-13)10-16/h5-6,9,12,17H,7-8,11H2,1-4H3. The summed E-state index contributed by atoms with van der Waals surface area (Å²) in [5.74, 6) is 0.631. The van der Waals surface area contributed by atoms with Gasteiger partial charge in [0.05, 0.1) is 12.7 Å². The molecule has 1 atom stereocenters. The molecule has 0 amide bonds. The Bertz CT molecular complexity index is 438. The third-order valence-electron chi connectivity index (χ3n) is 3.05. The fourth-order valence-corrected chi connectivity index (χ4v) is 1.80. The summed E-state index contributed by atoms with van der Waals surface area (Å²) < 4.78 is 5.13. The van der Waals surface area contributed by atoms with Crippen LogP contribution in [-0.2, 0) is 6.54 Å². The molecule has 0 aromatic heterocycles. The number of benzene rings is 1. The van der Waals surface area contributed by atoms with Crippen molar-refractivity contribution in [2.75, 3.05) is 27.7 Å². The van der Waals surface area contributed by atoms with Crippen molar-refractivity contribution in [2.45, 2.75) is 25.9 Å². The first-order valence-corrected chi connectivity index (χ1v) is 6.52. The lowest BCUT2D eigenvalue weighted by molar-refractivity contribution is 0.365. The van der Waals surface area contributed by atoms with Crippen molar-refractivity contribution in [3.8, 4) is 11.8 Å². The van der Waals surface area contributed by atoms with Gasteiger partial charge in [-0.05, 0) is 51.7 Å². The van der Waals surface area contributed by atoms with Gasteiger partial charge in [-0.1, -0.05) is 6.07 Å². The SMILES string of the molecule is COc1ccc(CNC(C)CCN(C)C)cc1C#N. The number of nitrogens with zero attached hydrogens (tertiary/aromatic N) is 2. The molecule has 0 saturated heterocycles. The summed E-state index contributed by atoms with van der Waals surface area (Å²) in [6, 6.07) is 8.33. The average Bonchev–Trinajstić information content (AvgIpc) is 2.42. The molecule has 0 saturated carbocycles. The molecule has 0 fully saturated rings. The van der Waals surface area contributed by atoms with Crippen molar-refractivity contribution in [1.29, 1.82) is 5.26 Å². The number of nitrogens with one attached hydrogen (secondary N) is 1. The molecule has 4 heteroatoms. The summed E-state index contributed by atoms with van der Waals surface area (Å²) in [4.78, 5) is 2.18. The van der Waals surface area contributed by atoms with Crippen molar-refractivity contribution in [3.63, 3.8) is 0 Å². The second-order valence-corrected chi connectivity index (χ2v) is 5.02. The lowest BCUT2D eigenvalue weighted by Crippen LogP contribution is -2.29. The first kappa shape index (κ1) is 15.5. The number of rotatable bonds is 7. The fraction of sp³-hybridized carbons (Fsp3) is 0.533. The smallest absolute Gasteiger partial charge is 0.136 e. The van der Waals surface area contributed by atoms with Gasteiger partial charge in [-0.3, -0.25) is 0 Å². The van der Waals surface area contributed by atoms with Crippen molar-refractivity contribution < 1.29 is 4.74 Å². The highest BCUT2D eigenvalue weighted by Gasteiger charge is 2.06. The monoisotopic (exact) mass is 261 g/mol. The van der Waals surface area contributed by atoms with E-state index in [1.807, 2.05) is 18.2 Å². The van der Waals surface area contributed by atoms with Crippen molar-refractivity contribution in [3.05, 3.63) is 29.3 Å². The Balaban J connectivity index is 2.52. The minimum absolute atomic E-state index is 0.454. The van der Waals surface area contributed by atoms with E-state index in [1.165, 1.54) is 0 Å². The van der Waals surface area contributed by atoms with Crippen LogP contribution in [0.3, 0.4) is 0 Å². The van der Waals surface area contributed by atoms with Crippen molar-refractivity contribution in [2.24, 2.45) is 0 Å². The Morgan fingerprint density at radius 3 is 2.74 bits per heavy atom. The molecule has 0 aliphatic rings. The third kappa shape index (κ3) is 5.29. The van der Waals surface area contributed by atoms with Crippen molar-refractivity contribution >= 4 is 0 Å². The summed E-state index contributed by atoms with van der Waals surface area (Å²) in [5, 5.41) is 12.5. The lowest BCUT2D eigenvalue weighted by atomic mass is 10.1. The Morgan fingerprint density at radius 1 is 1.42 bits per heavy atom. The molecule has 0 aliphatic heterocycles. The molecule has 1 aromatic rings. The molecule has 4 nitrogen and oxygen atoms in total. The number of hydrogen-bond acceptors (Lipinski definition) is 4. The fourth-order valence-electron chi connectivity index (χ4n) is 1.80. The van der Waals surface area contributed by atoms with Crippen LogP contribution in [0.5, 0.6) is 5.75 Å². The molecule has 0 aliphatic carbocycles. The van der Waals surface area contributed by atoms with Gasteiger partial charge in [0.2, 0.25) is 0 Å². The maximum atomic E-state index is 9.04. The number of ether oxygens (including phenoxy) is 1. The van der Waals surface area contributed by atoms with E-state index in [1.54, 1.807) is 7.11 Å². The topological polar surface area (TPSA) is 48.3 Å². The molecular formula is C15H23N3O.